The molecule has 2 nitrogen and oxygen atoms in total. The zero-order valence-electron chi connectivity index (χ0n) is 8.09. The maximum atomic E-state index is 4.61. The lowest BCUT2D eigenvalue weighted by atomic mass is 10.1. The van der Waals surface area contributed by atoms with Gasteiger partial charge in [0.05, 0.1) is 16.4 Å². The van der Waals surface area contributed by atoms with Crippen molar-refractivity contribution in [3.8, 4) is 0 Å². The van der Waals surface area contributed by atoms with E-state index in [4.69, 9.17) is 0 Å². The standard InChI is InChI=1S/C11H10N2S/c1-7-8(2)13-11-9(7)4-3-5-10(11)12-6-14/h3-5,13H,1-2H3. The van der Waals surface area contributed by atoms with E-state index in [0.717, 1.165) is 11.2 Å². The maximum absolute atomic E-state index is 4.61. The lowest BCUT2D eigenvalue weighted by Gasteiger charge is -1.94. The molecule has 2 aromatic rings. The topological polar surface area (TPSA) is 28.1 Å². The minimum Gasteiger partial charge on any atom is -0.357 e. The van der Waals surface area contributed by atoms with Gasteiger partial charge in [-0.15, -0.1) is 0 Å². The molecule has 0 amide bonds. The molecule has 0 fully saturated rings. The lowest BCUT2D eigenvalue weighted by molar-refractivity contribution is 1.25. The molecule has 0 atom stereocenters. The predicted octanol–water partition coefficient (Wildman–Crippen LogP) is 3.52. The normalized spacial score (nSPS) is 10.1. The third-order valence-electron chi connectivity index (χ3n) is 2.49. The summed E-state index contributed by atoms with van der Waals surface area (Å²) >= 11 is 4.61. The molecule has 14 heavy (non-hydrogen) atoms. The Morgan fingerprint density at radius 3 is 2.86 bits per heavy atom. The van der Waals surface area contributed by atoms with Gasteiger partial charge in [0, 0.05) is 11.1 Å². The molecule has 0 bridgehead atoms. The van der Waals surface area contributed by atoms with Crippen LogP contribution in [0.15, 0.2) is 23.2 Å². The van der Waals surface area contributed by atoms with E-state index >= 15 is 0 Å². The van der Waals surface area contributed by atoms with Crippen LogP contribution in [0.25, 0.3) is 10.9 Å². The van der Waals surface area contributed by atoms with Crippen LogP contribution in [0.4, 0.5) is 5.69 Å². The first-order valence-electron chi connectivity index (χ1n) is 4.40. The van der Waals surface area contributed by atoms with E-state index < -0.39 is 0 Å². The number of thiocarbonyl (C=S) groups is 1. The highest BCUT2D eigenvalue weighted by atomic mass is 32.1. The second-order valence-electron chi connectivity index (χ2n) is 3.28. The lowest BCUT2D eigenvalue weighted by Crippen LogP contribution is -1.70. The van der Waals surface area contributed by atoms with Gasteiger partial charge in [-0.2, -0.15) is 4.99 Å². The minimum atomic E-state index is 0.855. The fraction of sp³-hybridized carbons (Fsp3) is 0.182. The molecular weight excluding hydrogens is 192 g/mol. The molecule has 0 saturated heterocycles. The monoisotopic (exact) mass is 202 g/mol. The van der Waals surface area contributed by atoms with Crippen molar-refractivity contribution < 1.29 is 0 Å². The average molecular weight is 202 g/mol. The van der Waals surface area contributed by atoms with Crippen LogP contribution in [-0.4, -0.2) is 10.1 Å². The number of hydrogen-bond donors (Lipinski definition) is 1. The number of H-pyrrole nitrogens is 1. The van der Waals surface area contributed by atoms with Crippen LogP contribution in [0.1, 0.15) is 11.3 Å². The van der Waals surface area contributed by atoms with Gasteiger partial charge in [0.25, 0.3) is 0 Å². The Morgan fingerprint density at radius 2 is 2.14 bits per heavy atom. The molecule has 0 aliphatic heterocycles. The van der Waals surface area contributed by atoms with Crippen LogP contribution >= 0.6 is 12.2 Å². The molecular formula is C11H10N2S. The van der Waals surface area contributed by atoms with Crippen molar-refractivity contribution in [3.05, 3.63) is 29.5 Å². The molecule has 3 heteroatoms. The summed E-state index contributed by atoms with van der Waals surface area (Å²) in [6, 6.07) is 5.99. The van der Waals surface area contributed by atoms with Crippen molar-refractivity contribution in [1.29, 1.82) is 0 Å². The highest BCUT2D eigenvalue weighted by molar-refractivity contribution is 7.78. The molecule has 0 unspecified atom stereocenters. The summed E-state index contributed by atoms with van der Waals surface area (Å²) in [7, 11) is 0. The highest BCUT2D eigenvalue weighted by Crippen LogP contribution is 2.28. The van der Waals surface area contributed by atoms with Crippen molar-refractivity contribution in [2.75, 3.05) is 0 Å². The Bertz CT molecular complexity index is 533. The van der Waals surface area contributed by atoms with Gasteiger partial charge in [0.15, 0.2) is 0 Å². The first kappa shape index (κ1) is 9.13. The molecule has 1 aromatic carbocycles. The zero-order chi connectivity index (χ0) is 10.1. The Kier molecular flexibility index (Phi) is 2.20. The smallest absolute Gasteiger partial charge is 0.0980 e. The Hall–Kier alpha value is -1.44. The van der Waals surface area contributed by atoms with Crippen molar-refractivity contribution in [1.82, 2.24) is 4.98 Å². The number of isothiocyanates is 1. The maximum Gasteiger partial charge on any atom is 0.0980 e. The average Bonchev–Trinajstić information content (AvgIpc) is 2.46. The molecule has 70 valence electrons. The van der Waals surface area contributed by atoms with E-state index in [0.29, 0.717) is 0 Å². The van der Waals surface area contributed by atoms with Gasteiger partial charge >= 0.3 is 0 Å². The largest absolute Gasteiger partial charge is 0.357 e. The molecule has 0 saturated carbocycles. The van der Waals surface area contributed by atoms with Gasteiger partial charge in [-0.1, -0.05) is 12.1 Å². The summed E-state index contributed by atoms with van der Waals surface area (Å²) in [5, 5.41) is 3.60. The molecule has 0 spiro atoms. The Balaban J connectivity index is 2.87. The van der Waals surface area contributed by atoms with Gasteiger partial charge in [-0.25, -0.2) is 0 Å². The zero-order valence-corrected chi connectivity index (χ0v) is 8.90. The fourth-order valence-electron chi connectivity index (χ4n) is 1.61. The van der Waals surface area contributed by atoms with E-state index in [1.807, 2.05) is 12.1 Å². The summed E-state index contributed by atoms with van der Waals surface area (Å²) in [6.07, 6.45) is 0. The van der Waals surface area contributed by atoms with Crippen molar-refractivity contribution in [3.63, 3.8) is 0 Å². The van der Waals surface area contributed by atoms with Crippen molar-refractivity contribution in [2.24, 2.45) is 4.99 Å². The van der Waals surface area contributed by atoms with Crippen LogP contribution in [0, 0.1) is 13.8 Å². The highest BCUT2D eigenvalue weighted by Gasteiger charge is 2.06. The molecule has 0 radical (unpaired) electrons. The number of aliphatic imine (C=N–C) groups is 1. The van der Waals surface area contributed by atoms with Gasteiger partial charge in [-0.05, 0) is 37.7 Å². The van der Waals surface area contributed by atoms with Gasteiger partial charge < -0.3 is 4.98 Å². The molecule has 1 heterocycles. The number of para-hydroxylation sites is 1. The van der Waals surface area contributed by atoms with Crippen LogP contribution in [0.2, 0.25) is 0 Å². The van der Waals surface area contributed by atoms with E-state index in [1.54, 1.807) is 0 Å². The summed E-state index contributed by atoms with van der Waals surface area (Å²) in [6.45, 7) is 4.15. The SMILES string of the molecule is Cc1[nH]c2c(N=C=S)cccc2c1C. The second kappa shape index (κ2) is 3.37. The van der Waals surface area contributed by atoms with Crippen LogP contribution in [-0.2, 0) is 0 Å². The summed E-state index contributed by atoms with van der Waals surface area (Å²) in [5.74, 6) is 0. The second-order valence-corrected chi connectivity index (χ2v) is 3.46. The fourth-order valence-corrected chi connectivity index (χ4v) is 1.71. The summed E-state index contributed by atoms with van der Waals surface area (Å²) in [5.41, 5.74) is 4.34. The number of fused-ring (bicyclic) bond motifs is 1. The molecule has 2 rings (SSSR count). The van der Waals surface area contributed by atoms with E-state index in [1.165, 1.54) is 16.6 Å². The predicted molar refractivity (Wildman–Crippen MR) is 62.5 cm³/mol. The van der Waals surface area contributed by atoms with Crippen LogP contribution in [0.3, 0.4) is 0 Å². The number of benzene rings is 1. The van der Waals surface area contributed by atoms with Gasteiger partial charge in [0.1, 0.15) is 0 Å². The van der Waals surface area contributed by atoms with Gasteiger partial charge in [0.2, 0.25) is 0 Å². The molecule has 1 aromatic heterocycles. The van der Waals surface area contributed by atoms with Crippen LogP contribution < -0.4 is 0 Å². The number of nitrogens with zero attached hydrogens (tertiary/aromatic N) is 1. The number of rotatable bonds is 1. The van der Waals surface area contributed by atoms with E-state index in [-0.39, 0.29) is 0 Å². The summed E-state index contributed by atoms with van der Waals surface area (Å²) in [4.78, 5) is 7.32. The van der Waals surface area contributed by atoms with Crippen molar-refractivity contribution >= 4 is 34.0 Å². The van der Waals surface area contributed by atoms with Gasteiger partial charge in [-0.3, -0.25) is 0 Å². The number of aromatic nitrogens is 1. The first-order chi connectivity index (χ1) is 6.74. The summed E-state index contributed by atoms with van der Waals surface area (Å²) < 4.78 is 0. The quantitative estimate of drug-likeness (QED) is 0.556. The van der Waals surface area contributed by atoms with Crippen LogP contribution in [0.5, 0.6) is 0 Å². The van der Waals surface area contributed by atoms with E-state index in [2.05, 4.69) is 47.3 Å². The number of aryl methyl sites for hydroxylation is 2. The molecule has 0 aliphatic rings. The Morgan fingerprint density at radius 1 is 1.36 bits per heavy atom. The number of aromatic amines is 1. The minimum absolute atomic E-state index is 0.855. The van der Waals surface area contributed by atoms with Crippen molar-refractivity contribution in [2.45, 2.75) is 13.8 Å². The number of nitrogens with one attached hydrogen (secondary N) is 1. The first-order valence-corrected chi connectivity index (χ1v) is 4.80. The van der Waals surface area contributed by atoms with E-state index in [9.17, 15) is 0 Å². The third-order valence-corrected chi connectivity index (χ3v) is 2.58. The Labute approximate surface area is 87.7 Å². The third kappa shape index (κ3) is 1.27. The molecule has 0 aliphatic carbocycles. The molecule has 1 N–H and O–H groups in total. The number of hydrogen-bond acceptors (Lipinski definition) is 2.